The van der Waals surface area contributed by atoms with Crippen molar-refractivity contribution in [2.45, 2.75) is 12.6 Å². The molecule has 1 heterocycles. The number of carbonyl (C=O) groups is 2. The van der Waals surface area contributed by atoms with Crippen LogP contribution in [0.1, 0.15) is 5.56 Å². The summed E-state index contributed by atoms with van der Waals surface area (Å²) in [5, 5.41) is 14.8. The molecule has 0 saturated carbocycles. The lowest BCUT2D eigenvalue weighted by molar-refractivity contribution is -0.144. The van der Waals surface area contributed by atoms with Crippen LogP contribution in [-0.2, 0) is 16.1 Å². The zero-order valence-corrected chi connectivity index (χ0v) is 11.5. The van der Waals surface area contributed by atoms with Gasteiger partial charge in [-0.2, -0.15) is 0 Å². The number of amides is 1. The lowest BCUT2D eigenvalue weighted by Gasteiger charge is -2.32. The van der Waals surface area contributed by atoms with E-state index in [-0.39, 0.29) is 18.3 Å². The van der Waals surface area contributed by atoms with E-state index in [0.717, 1.165) is 5.56 Å². The van der Waals surface area contributed by atoms with Crippen LogP contribution in [0.15, 0.2) is 24.3 Å². The number of carboxylic acids is 1. The van der Waals surface area contributed by atoms with Crippen molar-refractivity contribution in [1.82, 2.24) is 15.5 Å². The quantitative estimate of drug-likeness (QED) is 0.701. The summed E-state index contributed by atoms with van der Waals surface area (Å²) < 4.78 is 12.8. The zero-order chi connectivity index (χ0) is 15.2. The molecule has 7 heteroatoms. The molecular formula is C14H18FN3O3. The first kappa shape index (κ1) is 15.4. The maximum Gasteiger partial charge on any atom is 0.322 e. The van der Waals surface area contributed by atoms with Crippen molar-refractivity contribution in [2.75, 3.05) is 26.2 Å². The number of halogens is 1. The molecule has 2 rings (SSSR count). The Bertz CT molecular complexity index is 507. The normalized spacial score (nSPS) is 19.2. The third kappa shape index (κ3) is 4.51. The third-order valence-corrected chi connectivity index (χ3v) is 3.39. The predicted molar refractivity (Wildman–Crippen MR) is 74.1 cm³/mol. The van der Waals surface area contributed by atoms with Gasteiger partial charge in [-0.1, -0.05) is 12.1 Å². The maximum absolute atomic E-state index is 12.8. The Balaban J connectivity index is 1.83. The molecule has 21 heavy (non-hydrogen) atoms. The average molecular weight is 295 g/mol. The molecule has 6 nitrogen and oxygen atoms in total. The molecule has 0 radical (unpaired) electrons. The van der Waals surface area contributed by atoms with Crippen LogP contribution in [-0.4, -0.2) is 54.1 Å². The van der Waals surface area contributed by atoms with Crippen molar-refractivity contribution in [3.8, 4) is 0 Å². The minimum Gasteiger partial charge on any atom is -0.480 e. The molecule has 0 aromatic heterocycles. The van der Waals surface area contributed by atoms with Crippen molar-refractivity contribution in [1.29, 1.82) is 0 Å². The second-order valence-corrected chi connectivity index (χ2v) is 4.93. The van der Waals surface area contributed by atoms with Crippen LogP contribution in [0.4, 0.5) is 4.39 Å². The molecule has 0 spiro atoms. The summed E-state index contributed by atoms with van der Waals surface area (Å²) in [5.41, 5.74) is 0.792. The minimum absolute atomic E-state index is 0.0415. The number of benzene rings is 1. The monoisotopic (exact) mass is 295 g/mol. The summed E-state index contributed by atoms with van der Waals surface area (Å²) in [6, 6.07) is 5.17. The Morgan fingerprint density at radius 2 is 2.10 bits per heavy atom. The number of hydrogen-bond acceptors (Lipinski definition) is 4. The Morgan fingerprint density at radius 1 is 1.38 bits per heavy atom. The molecule has 1 aromatic rings. The first-order chi connectivity index (χ1) is 10.1. The summed E-state index contributed by atoms with van der Waals surface area (Å²) in [6.45, 7) is 1.85. The zero-order valence-electron chi connectivity index (χ0n) is 11.5. The van der Waals surface area contributed by atoms with Crippen LogP contribution < -0.4 is 10.6 Å². The molecule has 1 aliphatic heterocycles. The Kier molecular flexibility index (Phi) is 5.24. The lowest BCUT2D eigenvalue weighted by atomic mass is 10.2. The van der Waals surface area contributed by atoms with E-state index in [1.807, 2.05) is 0 Å². The van der Waals surface area contributed by atoms with Gasteiger partial charge in [-0.05, 0) is 17.7 Å². The summed E-state index contributed by atoms with van der Waals surface area (Å²) in [5.74, 6) is -1.50. The third-order valence-electron chi connectivity index (χ3n) is 3.39. The molecule has 114 valence electrons. The van der Waals surface area contributed by atoms with Gasteiger partial charge >= 0.3 is 5.97 Å². The Morgan fingerprint density at radius 3 is 2.76 bits per heavy atom. The van der Waals surface area contributed by atoms with Gasteiger partial charge < -0.3 is 15.7 Å². The van der Waals surface area contributed by atoms with Crippen molar-refractivity contribution in [3.05, 3.63) is 35.6 Å². The summed E-state index contributed by atoms with van der Waals surface area (Å²) in [6.07, 6.45) is 0. The number of carboxylic acid groups (broad SMARTS) is 1. The second kappa shape index (κ2) is 7.14. The number of piperazine rings is 1. The van der Waals surface area contributed by atoms with E-state index in [0.29, 0.717) is 26.2 Å². The molecule has 1 fully saturated rings. The average Bonchev–Trinajstić information content (AvgIpc) is 2.47. The first-order valence-corrected chi connectivity index (χ1v) is 6.75. The summed E-state index contributed by atoms with van der Waals surface area (Å²) >= 11 is 0. The number of carbonyl (C=O) groups excluding carboxylic acids is 1. The standard InChI is InChI=1S/C14H18FN3O3/c15-11-3-1-10(2-4-11)7-17-13(19)9-18-6-5-16-8-12(18)14(20)21/h1-4,12,16H,5-9H2,(H,17,19)(H,20,21). The lowest BCUT2D eigenvalue weighted by Crippen LogP contribution is -2.57. The molecule has 1 aliphatic rings. The van der Waals surface area contributed by atoms with Crippen LogP contribution in [0.25, 0.3) is 0 Å². The molecule has 1 unspecified atom stereocenters. The topological polar surface area (TPSA) is 81.7 Å². The van der Waals surface area contributed by atoms with Gasteiger partial charge in [0.1, 0.15) is 11.9 Å². The molecule has 1 saturated heterocycles. The van der Waals surface area contributed by atoms with Gasteiger partial charge in [-0.3, -0.25) is 14.5 Å². The number of hydrogen-bond donors (Lipinski definition) is 3. The van der Waals surface area contributed by atoms with E-state index in [1.54, 1.807) is 17.0 Å². The summed E-state index contributed by atoms with van der Waals surface area (Å²) in [4.78, 5) is 24.6. The minimum atomic E-state index is -0.937. The van der Waals surface area contributed by atoms with Crippen molar-refractivity contribution in [2.24, 2.45) is 0 Å². The highest BCUT2D eigenvalue weighted by Gasteiger charge is 2.29. The van der Waals surface area contributed by atoms with Crippen molar-refractivity contribution in [3.63, 3.8) is 0 Å². The second-order valence-electron chi connectivity index (χ2n) is 4.93. The SMILES string of the molecule is O=C(CN1CCNCC1C(=O)O)NCc1ccc(F)cc1. The highest BCUT2D eigenvalue weighted by molar-refractivity contribution is 5.80. The number of nitrogens with zero attached hydrogens (tertiary/aromatic N) is 1. The first-order valence-electron chi connectivity index (χ1n) is 6.75. The van der Waals surface area contributed by atoms with E-state index in [2.05, 4.69) is 10.6 Å². The van der Waals surface area contributed by atoms with E-state index in [4.69, 9.17) is 5.11 Å². The van der Waals surface area contributed by atoms with E-state index < -0.39 is 12.0 Å². The van der Waals surface area contributed by atoms with Crippen LogP contribution >= 0.6 is 0 Å². The Hall–Kier alpha value is -1.99. The largest absolute Gasteiger partial charge is 0.480 e. The number of rotatable bonds is 5. The van der Waals surface area contributed by atoms with Gasteiger partial charge in [-0.25, -0.2) is 4.39 Å². The molecule has 1 atom stereocenters. The summed E-state index contributed by atoms with van der Waals surface area (Å²) in [7, 11) is 0. The molecule has 1 amide bonds. The highest BCUT2D eigenvalue weighted by Crippen LogP contribution is 2.04. The molecular weight excluding hydrogens is 277 g/mol. The smallest absolute Gasteiger partial charge is 0.322 e. The molecule has 0 bridgehead atoms. The number of aliphatic carboxylic acids is 1. The fraction of sp³-hybridized carbons (Fsp3) is 0.429. The van der Waals surface area contributed by atoms with E-state index in [9.17, 15) is 14.0 Å². The molecule has 1 aromatic carbocycles. The van der Waals surface area contributed by atoms with Crippen LogP contribution in [0.5, 0.6) is 0 Å². The van der Waals surface area contributed by atoms with Gasteiger partial charge in [-0.15, -0.1) is 0 Å². The number of nitrogens with one attached hydrogen (secondary N) is 2. The fourth-order valence-corrected chi connectivity index (χ4v) is 2.22. The van der Waals surface area contributed by atoms with Crippen LogP contribution in [0.2, 0.25) is 0 Å². The van der Waals surface area contributed by atoms with Gasteiger partial charge in [0, 0.05) is 26.2 Å². The van der Waals surface area contributed by atoms with Crippen LogP contribution in [0.3, 0.4) is 0 Å². The molecule has 0 aliphatic carbocycles. The van der Waals surface area contributed by atoms with Crippen LogP contribution in [0, 0.1) is 5.82 Å². The fourth-order valence-electron chi connectivity index (χ4n) is 2.22. The van der Waals surface area contributed by atoms with E-state index >= 15 is 0 Å². The maximum atomic E-state index is 12.8. The highest BCUT2D eigenvalue weighted by atomic mass is 19.1. The van der Waals surface area contributed by atoms with E-state index in [1.165, 1.54) is 12.1 Å². The molecule has 3 N–H and O–H groups in total. The van der Waals surface area contributed by atoms with Crippen molar-refractivity contribution >= 4 is 11.9 Å². The predicted octanol–water partition coefficient (Wildman–Crippen LogP) is -0.200. The van der Waals surface area contributed by atoms with Gasteiger partial charge in [0.05, 0.1) is 6.54 Å². The van der Waals surface area contributed by atoms with Gasteiger partial charge in [0.15, 0.2) is 0 Å². The van der Waals surface area contributed by atoms with Crippen molar-refractivity contribution < 1.29 is 19.1 Å². The Labute approximate surface area is 121 Å². The van der Waals surface area contributed by atoms with Gasteiger partial charge in [0.25, 0.3) is 0 Å². The van der Waals surface area contributed by atoms with Gasteiger partial charge in [0.2, 0.25) is 5.91 Å².